The number of rotatable bonds is 6. The first-order valence-corrected chi connectivity index (χ1v) is 11.0. The second kappa shape index (κ2) is 9.40. The molecule has 5 heteroatoms. The van der Waals surface area contributed by atoms with E-state index in [2.05, 4.69) is 26.1 Å². The third kappa shape index (κ3) is 5.98. The lowest BCUT2D eigenvalue weighted by atomic mass is 9.97. The fourth-order valence-electron chi connectivity index (χ4n) is 3.31. The number of benzene rings is 3. The first-order chi connectivity index (χ1) is 14.6. The molecule has 0 atom stereocenters. The van der Waals surface area contributed by atoms with Crippen LogP contribution in [0.15, 0.2) is 71.6 Å². The summed E-state index contributed by atoms with van der Waals surface area (Å²) in [6, 6.07) is 21.3. The zero-order chi connectivity index (χ0) is 22.6. The van der Waals surface area contributed by atoms with Gasteiger partial charge in [-0.2, -0.15) is 0 Å². The summed E-state index contributed by atoms with van der Waals surface area (Å²) in [4.78, 5) is 26.3. The van der Waals surface area contributed by atoms with Crippen molar-refractivity contribution < 1.29 is 9.59 Å². The SMILES string of the molecule is Cc1ccc(CC(=O)Nc2c(SC(C)(C)C)ccc(-c3ccccc3)c2C(N)=O)cc1. The van der Waals surface area contributed by atoms with Crippen LogP contribution in [0.3, 0.4) is 0 Å². The highest BCUT2D eigenvalue weighted by atomic mass is 32.2. The van der Waals surface area contributed by atoms with E-state index in [0.29, 0.717) is 16.8 Å². The quantitative estimate of drug-likeness (QED) is 0.481. The molecule has 3 aromatic rings. The van der Waals surface area contributed by atoms with Gasteiger partial charge in [-0.25, -0.2) is 0 Å². The fraction of sp³-hybridized carbons (Fsp3) is 0.231. The number of carbonyl (C=O) groups is 2. The lowest BCUT2D eigenvalue weighted by Crippen LogP contribution is -2.22. The molecule has 3 aromatic carbocycles. The lowest BCUT2D eigenvalue weighted by molar-refractivity contribution is -0.115. The number of hydrogen-bond donors (Lipinski definition) is 2. The number of amides is 2. The second-order valence-electron chi connectivity index (χ2n) is 8.52. The van der Waals surface area contributed by atoms with Crippen molar-refractivity contribution in [1.29, 1.82) is 0 Å². The predicted molar refractivity (Wildman–Crippen MR) is 130 cm³/mol. The molecule has 0 fully saturated rings. The standard InChI is InChI=1S/C26H28N2O2S/c1-17-10-12-18(13-11-17)16-22(29)28-24-21(31-26(2,3)4)15-14-20(23(24)25(27)30)19-8-6-5-7-9-19/h5-15H,16H2,1-4H3,(H2,27,30)(H,28,29). The van der Waals surface area contributed by atoms with Crippen molar-refractivity contribution in [3.63, 3.8) is 0 Å². The molecule has 3 rings (SSSR count). The molecular weight excluding hydrogens is 404 g/mol. The number of aryl methyl sites for hydroxylation is 1. The molecular formula is C26H28N2O2S. The van der Waals surface area contributed by atoms with Gasteiger partial charge < -0.3 is 11.1 Å². The highest BCUT2D eigenvalue weighted by Gasteiger charge is 2.24. The zero-order valence-corrected chi connectivity index (χ0v) is 19.2. The van der Waals surface area contributed by atoms with E-state index in [-0.39, 0.29) is 17.1 Å². The number of thioether (sulfide) groups is 1. The van der Waals surface area contributed by atoms with E-state index >= 15 is 0 Å². The molecule has 0 aromatic heterocycles. The van der Waals surface area contributed by atoms with Crippen LogP contribution in [0.5, 0.6) is 0 Å². The van der Waals surface area contributed by atoms with Crippen molar-refractivity contribution in [2.24, 2.45) is 5.73 Å². The van der Waals surface area contributed by atoms with E-state index in [4.69, 9.17) is 5.73 Å². The van der Waals surface area contributed by atoms with E-state index in [1.165, 1.54) is 0 Å². The molecule has 0 unspecified atom stereocenters. The minimum atomic E-state index is -0.569. The average molecular weight is 433 g/mol. The van der Waals surface area contributed by atoms with Crippen molar-refractivity contribution in [3.05, 3.63) is 83.4 Å². The third-order valence-corrected chi connectivity index (χ3v) is 5.84. The van der Waals surface area contributed by atoms with Crippen molar-refractivity contribution in [3.8, 4) is 11.1 Å². The van der Waals surface area contributed by atoms with Gasteiger partial charge >= 0.3 is 0 Å². The van der Waals surface area contributed by atoms with Crippen LogP contribution in [-0.2, 0) is 11.2 Å². The second-order valence-corrected chi connectivity index (χ2v) is 10.4. The minimum Gasteiger partial charge on any atom is -0.366 e. The summed E-state index contributed by atoms with van der Waals surface area (Å²) in [5, 5.41) is 3.00. The van der Waals surface area contributed by atoms with Gasteiger partial charge in [0, 0.05) is 9.64 Å². The van der Waals surface area contributed by atoms with Gasteiger partial charge in [0.25, 0.3) is 5.91 Å². The highest BCUT2D eigenvalue weighted by molar-refractivity contribution is 8.00. The van der Waals surface area contributed by atoms with E-state index in [0.717, 1.165) is 21.6 Å². The van der Waals surface area contributed by atoms with Crippen molar-refractivity contribution in [2.75, 3.05) is 5.32 Å². The fourth-order valence-corrected chi connectivity index (χ4v) is 4.36. The van der Waals surface area contributed by atoms with Gasteiger partial charge in [-0.15, -0.1) is 11.8 Å². The van der Waals surface area contributed by atoms with E-state index in [9.17, 15) is 9.59 Å². The summed E-state index contributed by atoms with van der Waals surface area (Å²) >= 11 is 1.59. The molecule has 0 spiro atoms. The number of primary amides is 1. The number of carbonyl (C=O) groups excluding carboxylic acids is 2. The van der Waals surface area contributed by atoms with Crippen LogP contribution in [0, 0.1) is 6.92 Å². The van der Waals surface area contributed by atoms with E-state index < -0.39 is 5.91 Å². The molecule has 0 aliphatic rings. The van der Waals surface area contributed by atoms with E-state index in [1.54, 1.807) is 11.8 Å². The van der Waals surface area contributed by atoms with Gasteiger partial charge in [0.1, 0.15) is 0 Å². The van der Waals surface area contributed by atoms with Gasteiger partial charge in [0.2, 0.25) is 5.91 Å². The largest absolute Gasteiger partial charge is 0.366 e. The molecule has 2 amide bonds. The summed E-state index contributed by atoms with van der Waals surface area (Å²) in [5.74, 6) is -0.756. The third-order valence-electron chi connectivity index (χ3n) is 4.66. The highest BCUT2D eigenvalue weighted by Crippen LogP contribution is 2.41. The van der Waals surface area contributed by atoms with Crippen molar-refractivity contribution in [2.45, 2.75) is 43.8 Å². The van der Waals surface area contributed by atoms with Gasteiger partial charge in [-0.1, -0.05) is 87.0 Å². The van der Waals surface area contributed by atoms with Gasteiger partial charge in [-0.05, 0) is 29.7 Å². The Morgan fingerprint density at radius 1 is 0.935 bits per heavy atom. The van der Waals surface area contributed by atoms with Crippen LogP contribution in [0.1, 0.15) is 42.3 Å². The van der Waals surface area contributed by atoms with Gasteiger partial charge in [0.05, 0.1) is 17.7 Å². The molecule has 0 radical (unpaired) electrons. The number of hydrogen-bond acceptors (Lipinski definition) is 3. The summed E-state index contributed by atoms with van der Waals surface area (Å²) in [6.07, 6.45) is 0.216. The van der Waals surface area contributed by atoms with Crippen molar-refractivity contribution >= 4 is 29.3 Å². The molecule has 4 nitrogen and oxygen atoms in total. The minimum absolute atomic E-state index is 0.111. The van der Waals surface area contributed by atoms with Crippen LogP contribution in [0.25, 0.3) is 11.1 Å². The molecule has 0 heterocycles. The Kier molecular flexibility index (Phi) is 6.86. The molecule has 160 valence electrons. The van der Waals surface area contributed by atoms with Crippen molar-refractivity contribution in [1.82, 2.24) is 0 Å². The Hall–Kier alpha value is -3.05. The summed E-state index contributed by atoms with van der Waals surface area (Å²) < 4.78 is -0.111. The van der Waals surface area contributed by atoms with Crippen LogP contribution in [0.4, 0.5) is 5.69 Å². The molecule has 31 heavy (non-hydrogen) atoms. The monoisotopic (exact) mass is 432 g/mol. The molecule has 0 aliphatic carbocycles. The predicted octanol–water partition coefficient (Wildman–Crippen LogP) is 5.83. The first-order valence-electron chi connectivity index (χ1n) is 10.2. The molecule has 0 saturated carbocycles. The molecule has 3 N–H and O–H groups in total. The Bertz CT molecular complexity index is 1080. The Balaban J connectivity index is 2.06. The summed E-state index contributed by atoms with van der Waals surface area (Å²) in [5.41, 5.74) is 10.3. The van der Waals surface area contributed by atoms with Crippen LogP contribution < -0.4 is 11.1 Å². The smallest absolute Gasteiger partial charge is 0.251 e. The Labute approximate surface area is 188 Å². The number of nitrogens with one attached hydrogen (secondary N) is 1. The number of anilines is 1. The maximum Gasteiger partial charge on any atom is 0.251 e. The maximum absolute atomic E-state index is 12.9. The van der Waals surface area contributed by atoms with E-state index in [1.807, 2.05) is 73.7 Å². The average Bonchev–Trinajstić information content (AvgIpc) is 2.70. The Morgan fingerprint density at radius 2 is 1.58 bits per heavy atom. The molecule has 0 aliphatic heterocycles. The van der Waals surface area contributed by atoms with Crippen LogP contribution >= 0.6 is 11.8 Å². The molecule has 0 saturated heterocycles. The molecule has 0 bridgehead atoms. The van der Waals surface area contributed by atoms with Gasteiger partial charge in [0.15, 0.2) is 0 Å². The van der Waals surface area contributed by atoms with Gasteiger partial charge in [-0.3, -0.25) is 9.59 Å². The first kappa shape index (κ1) is 22.6. The topological polar surface area (TPSA) is 72.2 Å². The lowest BCUT2D eigenvalue weighted by Gasteiger charge is -2.23. The number of nitrogens with two attached hydrogens (primary N) is 1. The zero-order valence-electron chi connectivity index (χ0n) is 18.4. The maximum atomic E-state index is 12.9. The summed E-state index contributed by atoms with van der Waals surface area (Å²) in [6.45, 7) is 8.27. The normalized spacial score (nSPS) is 11.2. The summed E-state index contributed by atoms with van der Waals surface area (Å²) in [7, 11) is 0. The van der Waals surface area contributed by atoms with Crippen LogP contribution in [0.2, 0.25) is 0 Å². The Morgan fingerprint density at radius 3 is 2.16 bits per heavy atom. The van der Waals surface area contributed by atoms with Crippen LogP contribution in [-0.4, -0.2) is 16.6 Å².